The number of furan rings is 1. The molecule has 2 aromatic rings. The molecule has 6 nitrogen and oxygen atoms in total. The fourth-order valence-corrected chi connectivity index (χ4v) is 2.04. The summed E-state index contributed by atoms with van der Waals surface area (Å²) in [4.78, 5) is 22.7. The number of benzene rings is 1. The Bertz CT molecular complexity index is 717. The van der Waals surface area contributed by atoms with Gasteiger partial charge in [0.25, 0.3) is 0 Å². The number of amides is 3. The second kappa shape index (κ2) is 7.31. The highest BCUT2D eigenvalue weighted by Crippen LogP contribution is 2.16. The summed E-state index contributed by atoms with van der Waals surface area (Å²) in [7, 11) is 0. The normalized spacial score (nSPS) is 12.1. The monoisotopic (exact) mass is 313 g/mol. The lowest BCUT2D eigenvalue weighted by atomic mass is 10.1. The van der Waals surface area contributed by atoms with Crippen molar-refractivity contribution < 1.29 is 14.0 Å². The highest BCUT2D eigenvalue weighted by molar-refractivity contribution is 5.91. The van der Waals surface area contributed by atoms with Gasteiger partial charge < -0.3 is 20.8 Å². The second-order valence-electron chi connectivity index (χ2n) is 5.12. The third kappa shape index (κ3) is 5.03. The first-order chi connectivity index (χ1) is 10.9. The number of hydrogen-bond acceptors (Lipinski definition) is 3. The Morgan fingerprint density at radius 1 is 1.17 bits per heavy atom. The molecule has 1 heterocycles. The van der Waals surface area contributed by atoms with E-state index in [1.807, 2.05) is 32.0 Å². The van der Waals surface area contributed by atoms with Crippen molar-refractivity contribution in [1.82, 2.24) is 5.32 Å². The zero-order valence-corrected chi connectivity index (χ0v) is 13.0. The Labute approximate surface area is 134 Å². The molecule has 0 radical (unpaired) electrons. The number of rotatable bonds is 5. The molecule has 0 unspecified atom stereocenters. The molecule has 4 N–H and O–H groups in total. The predicted octanol–water partition coefficient (Wildman–Crippen LogP) is 2.97. The van der Waals surface area contributed by atoms with Crippen LogP contribution in [0.2, 0.25) is 0 Å². The Kier molecular flexibility index (Phi) is 5.19. The van der Waals surface area contributed by atoms with Crippen LogP contribution in [0.3, 0.4) is 0 Å². The van der Waals surface area contributed by atoms with Crippen molar-refractivity contribution in [1.29, 1.82) is 0 Å². The van der Waals surface area contributed by atoms with Crippen LogP contribution in [0.1, 0.15) is 30.0 Å². The fraction of sp³-hybridized carbons (Fsp3) is 0.176. The first-order valence-electron chi connectivity index (χ1n) is 7.15. The largest absolute Gasteiger partial charge is 0.462 e. The van der Waals surface area contributed by atoms with Gasteiger partial charge in [-0.1, -0.05) is 12.1 Å². The van der Waals surface area contributed by atoms with Gasteiger partial charge in [-0.15, -0.1) is 0 Å². The van der Waals surface area contributed by atoms with E-state index < -0.39 is 6.03 Å². The van der Waals surface area contributed by atoms with Crippen LogP contribution in [0.15, 0.2) is 46.9 Å². The summed E-state index contributed by atoms with van der Waals surface area (Å²) in [5, 5.41) is 5.34. The van der Waals surface area contributed by atoms with E-state index in [0.29, 0.717) is 11.4 Å². The predicted molar refractivity (Wildman–Crippen MR) is 88.7 cm³/mol. The maximum atomic E-state index is 11.9. The summed E-state index contributed by atoms with van der Waals surface area (Å²) in [5.41, 5.74) is 6.57. The molecule has 1 aromatic heterocycles. The average Bonchev–Trinajstić information content (AvgIpc) is 2.91. The number of nitrogens with two attached hydrogens (primary N) is 1. The quantitative estimate of drug-likeness (QED) is 0.740. The number of aryl methyl sites for hydroxylation is 1. The molecule has 0 bridgehead atoms. The molecule has 1 aromatic carbocycles. The number of hydrogen-bond donors (Lipinski definition) is 3. The van der Waals surface area contributed by atoms with E-state index in [1.165, 1.54) is 6.08 Å². The van der Waals surface area contributed by atoms with Gasteiger partial charge in [-0.05, 0) is 49.8 Å². The molecule has 0 aliphatic carbocycles. The Morgan fingerprint density at radius 3 is 2.43 bits per heavy atom. The van der Waals surface area contributed by atoms with Crippen LogP contribution >= 0.6 is 0 Å². The van der Waals surface area contributed by atoms with E-state index in [4.69, 9.17) is 10.2 Å². The molecule has 0 saturated heterocycles. The van der Waals surface area contributed by atoms with Crippen molar-refractivity contribution in [3.05, 3.63) is 59.6 Å². The number of anilines is 1. The van der Waals surface area contributed by atoms with Gasteiger partial charge >= 0.3 is 6.03 Å². The minimum atomic E-state index is -0.614. The van der Waals surface area contributed by atoms with Crippen LogP contribution in [0.5, 0.6) is 0 Å². The van der Waals surface area contributed by atoms with Gasteiger partial charge in [0.2, 0.25) is 5.91 Å². The molecule has 0 aliphatic heterocycles. The highest BCUT2D eigenvalue weighted by atomic mass is 16.3. The van der Waals surface area contributed by atoms with Crippen LogP contribution in [0.4, 0.5) is 10.5 Å². The standard InChI is InChI=1S/C17H19N3O3/c1-11-3-8-15(23-11)9-10-16(21)19-12(2)13-4-6-14(7-5-13)20-17(18)22/h3-10,12H,1-2H3,(H,19,21)(H3,18,20,22)/b10-9+/t12-/m0/s1. The van der Waals surface area contributed by atoms with Gasteiger partial charge in [0.05, 0.1) is 6.04 Å². The van der Waals surface area contributed by atoms with Gasteiger partial charge in [0.1, 0.15) is 11.5 Å². The molecule has 1 atom stereocenters. The van der Waals surface area contributed by atoms with Crippen LogP contribution in [-0.2, 0) is 4.79 Å². The summed E-state index contributed by atoms with van der Waals surface area (Å²) in [5.74, 6) is 1.21. The fourth-order valence-electron chi connectivity index (χ4n) is 2.04. The van der Waals surface area contributed by atoms with Crippen LogP contribution < -0.4 is 16.4 Å². The minimum absolute atomic E-state index is 0.173. The van der Waals surface area contributed by atoms with Crippen LogP contribution in [0.25, 0.3) is 6.08 Å². The van der Waals surface area contributed by atoms with E-state index in [0.717, 1.165) is 11.3 Å². The highest BCUT2D eigenvalue weighted by Gasteiger charge is 2.08. The van der Waals surface area contributed by atoms with Crippen molar-refractivity contribution >= 4 is 23.7 Å². The van der Waals surface area contributed by atoms with Crippen molar-refractivity contribution in [3.8, 4) is 0 Å². The van der Waals surface area contributed by atoms with Crippen molar-refractivity contribution in [2.24, 2.45) is 5.73 Å². The van der Waals surface area contributed by atoms with Crippen LogP contribution in [-0.4, -0.2) is 11.9 Å². The Morgan fingerprint density at radius 2 is 1.87 bits per heavy atom. The summed E-state index contributed by atoms with van der Waals surface area (Å²) < 4.78 is 5.36. The zero-order valence-electron chi connectivity index (χ0n) is 13.0. The summed E-state index contributed by atoms with van der Waals surface area (Å²) in [6.07, 6.45) is 3.05. The van der Waals surface area contributed by atoms with Gasteiger partial charge in [0, 0.05) is 11.8 Å². The summed E-state index contributed by atoms with van der Waals surface area (Å²) in [6, 6.07) is 9.93. The smallest absolute Gasteiger partial charge is 0.316 e. The van der Waals surface area contributed by atoms with Gasteiger partial charge in [-0.25, -0.2) is 4.79 Å². The molecule has 0 saturated carbocycles. The molecule has 2 rings (SSSR count). The van der Waals surface area contributed by atoms with E-state index >= 15 is 0 Å². The summed E-state index contributed by atoms with van der Waals surface area (Å²) in [6.45, 7) is 3.72. The van der Waals surface area contributed by atoms with Gasteiger partial charge in [0.15, 0.2) is 0 Å². The number of primary amides is 1. The minimum Gasteiger partial charge on any atom is -0.462 e. The third-order valence-electron chi connectivity index (χ3n) is 3.20. The SMILES string of the molecule is Cc1ccc(/C=C/C(=O)N[C@@H](C)c2ccc(NC(N)=O)cc2)o1. The second-order valence-corrected chi connectivity index (χ2v) is 5.12. The Balaban J connectivity index is 1.92. The molecule has 23 heavy (non-hydrogen) atoms. The molecule has 0 aliphatic rings. The maximum absolute atomic E-state index is 11.9. The average molecular weight is 313 g/mol. The number of urea groups is 1. The lowest BCUT2D eigenvalue weighted by molar-refractivity contribution is -0.117. The zero-order chi connectivity index (χ0) is 16.8. The lowest BCUT2D eigenvalue weighted by Crippen LogP contribution is -2.24. The molecular formula is C17H19N3O3. The van der Waals surface area contributed by atoms with Gasteiger partial charge in [-0.2, -0.15) is 0 Å². The molecule has 3 amide bonds. The molecule has 0 spiro atoms. The number of nitrogens with one attached hydrogen (secondary N) is 2. The molecule has 6 heteroatoms. The van der Waals surface area contributed by atoms with E-state index in [2.05, 4.69) is 10.6 Å². The topological polar surface area (TPSA) is 97.4 Å². The van der Waals surface area contributed by atoms with Crippen molar-refractivity contribution in [3.63, 3.8) is 0 Å². The third-order valence-corrected chi connectivity index (χ3v) is 3.20. The van der Waals surface area contributed by atoms with Crippen molar-refractivity contribution in [2.45, 2.75) is 19.9 Å². The summed E-state index contributed by atoms with van der Waals surface area (Å²) >= 11 is 0. The van der Waals surface area contributed by atoms with Crippen LogP contribution in [0, 0.1) is 6.92 Å². The number of carbonyl (C=O) groups excluding carboxylic acids is 2. The number of carbonyl (C=O) groups is 2. The first-order valence-corrected chi connectivity index (χ1v) is 7.15. The Hall–Kier alpha value is -3.02. The van der Waals surface area contributed by atoms with Crippen molar-refractivity contribution in [2.75, 3.05) is 5.32 Å². The maximum Gasteiger partial charge on any atom is 0.316 e. The van der Waals surface area contributed by atoms with E-state index in [9.17, 15) is 9.59 Å². The van der Waals surface area contributed by atoms with E-state index in [1.54, 1.807) is 24.3 Å². The van der Waals surface area contributed by atoms with Gasteiger partial charge in [-0.3, -0.25) is 4.79 Å². The molecular weight excluding hydrogens is 294 g/mol. The van der Waals surface area contributed by atoms with E-state index in [-0.39, 0.29) is 11.9 Å². The molecule has 0 fully saturated rings. The molecule has 120 valence electrons. The first kappa shape index (κ1) is 16.4. The lowest BCUT2D eigenvalue weighted by Gasteiger charge is -2.13.